The highest BCUT2D eigenvalue weighted by atomic mass is 16.5. The first kappa shape index (κ1) is 12.5. The molecule has 86 valence electrons. The van der Waals surface area contributed by atoms with Gasteiger partial charge >= 0.3 is 5.97 Å². The SMILES string of the molecule is COC(=O)CCC(C)C=Cc1ccccc1. The Morgan fingerprint density at radius 2 is 2.06 bits per heavy atom. The van der Waals surface area contributed by atoms with Gasteiger partial charge in [-0.05, 0) is 17.9 Å². The van der Waals surface area contributed by atoms with Crippen molar-refractivity contribution in [2.24, 2.45) is 5.92 Å². The number of rotatable bonds is 5. The zero-order valence-corrected chi connectivity index (χ0v) is 9.85. The molecule has 16 heavy (non-hydrogen) atoms. The van der Waals surface area contributed by atoms with E-state index in [1.807, 2.05) is 18.2 Å². The maximum absolute atomic E-state index is 10.9. The molecule has 0 saturated heterocycles. The van der Waals surface area contributed by atoms with Crippen LogP contribution in [0.1, 0.15) is 25.3 Å². The highest BCUT2D eigenvalue weighted by Crippen LogP contribution is 2.10. The van der Waals surface area contributed by atoms with E-state index in [-0.39, 0.29) is 5.97 Å². The molecule has 2 heteroatoms. The molecule has 0 aliphatic rings. The molecule has 1 atom stereocenters. The molecule has 0 fully saturated rings. The van der Waals surface area contributed by atoms with Crippen LogP contribution < -0.4 is 0 Å². The Morgan fingerprint density at radius 1 is 1.38 bits per heavy atom. The monoisotopic (exact) mass is 218 g/mol. The van der Waals surface area contributed by atoms with Crippen LogP contribution in [-0.2, 0) is 9.53 Å². The number of carbonyl (C=O) groups excluding carboxylic acids is 1. The van der Waals surface area contributed by atoms with Crippen LogP contribution in [0.15, 0.2) is 36.4 Å². The van der Waals surface area contributed by atoms with Gasteiger partial charge in [-0.1, -0.05) is 49.4 Å². The topological polar surface area (TPSA) is 26.3 Å². The standard InChI is InChI=1S/C14H18O2/c1-12(9-11-14(15)16-2)8-10-13-6-4-3-5-7-13/h3-8,10,12H,9,11H2,1-2H3. The van der Waals surface area contributed by atoms with Crippen LogP contribution in [0.3, 0.4) is 0 Å². The second-order valence-electron chi connectivity index (χ2n) is 3.86. The Labute approximate surface area is 96.9 Å². The number of carbonyl (C=O) groups is 1. The summed E-state index contributed by atoms with van der Waals surface area (Å²) in [5.74, 6) is 0.249. The summed E-state index contributed by atoms with van der Waals surface area (Å²) in [4.78, 5) is 10.9. The zero-order valence-electron chi connectivity index (χ0n) is 9.85. The quantitative estimate of drug-likeness (QED) is 0.709. The fourth-order valence-corrected chi connectivity index (χ4v) is 1.38. The first-order chi connectivity index (χ1) is 7.72. The van der Waals surface area contributed by atoms with Gasteiger partial charge < -0.3 is 4.74 Å². The molecule has 1 rings (SSSR count). The summed E-state index contributed by atoms with van der Waals surface area (Å²) >= 11 is 0. The molecule has 0 bridgehead atoms. The van der Waals surface area contributed by atoms with Gasteiger partial charge in [0.1, 0.15) is 0 Å². The van der Waals surface area contributed by atoms with Crippen molar-refractivity contribution in [2.75, 3.05) is 7.11 Å². The van der Waals surface area contributed by atoms with Crippen LogP contribution in [0.5, 0.6) is 0 Å². The summed E-state index contributed by atoms with van der Waals surface area (Å²) < 4.78 is 4.60. The molecule has 1 unspecified atom stereocenters. The molecule has 0 saturated carbocycles. The lowest BCUT2D eigenvalue weighted by atomic mass is 10.0. The first-order valence-corrected chi connectivity index (χ1v) is 5.52. The molecule has 1 aromatic carbocycles. The number of benzene rings is 1. The minimum Gasteiger partial charge on any atom is -0.469 e. The van der Waals surface area contributed by atoms with Crippen molar-refractivity contribution in [1.29, 1.82) is 0 Å². The zero-order chi connectivity index (χ0) is 11.8. The number of methoxy groups -OCH3 is 1. The Kier molecular flexibility index (Phi) is 5.34. The maximum atomic E-state index is 10.9. The molecular formula is C14H18O2. The summed E-state index contributed by atoms with van der Waals surface area (Å²) in [5, 5.41) is 0. The summed E-state index contributed by atoms with van der Waals surface area (Å²) in [6.07, 6.45) is 5.52. The van der Waals surface area contributed by atoms with E-state index in [4.69, 9.17) is 0 Å². The second-order valence-corrected chi connectivity index (χ2v) is 3.86. The highest BCUT2D eigenvalue weighted by molar-refractivity contribution is 5.69. The van der Waals surface area contributed by atoms with Gasteiger partial charge in [-0.25, -0.2) is 0 Å². The van der Waals surface area contributed by atoms with E-state index < -0.39 is 0 Å². The summed E-state index contributed by atoms with van der Waals surface area (Å²) in [6.45, 7) is 2.10. The van der Waals surface area contributed by atoms with Crippen LogP contribution >= 0.6 is 0 Å². The molecule has 1 aromatic rings. The van der Waals surface area contributed by atoms with Crippen LogP contribution in [0.2, 0.25) is 0 Å². The molecule has 0 aromatic heterocycles. The van der Waals surface area contributed by atoms with Gasteiger partial charge in [-0.2, -0.15) is 0 Å². The van der Waals surface area contributed by atoms with Crippen LogP contribution in [0, 0.1) is 5.92 Å². The van der Waals surface area contributed by atoms with Gasteiger partial charge in [0.2, 0.25) is 0 Å². The average Bonchev–Trinajstić information content (AvgIpc) is 2.34. The van der Waals surface area contributed by atoms with E-state index >= 15 is 0 Å². The van der Waals surface area contributed by atoms with Crippen LogP contribution in [0.4, 0.5) is 0 Å². The molecule has 0 heterocycles. The molecule has 2 nitrogen and oxygen atoms in total. The third-order valence-electron chi connectivity index (χ3n) is 2.45. The third kappa shape index (κ3) is 4.78. The predicted octanol–water partition coefficient (Wildman–Crippen LogP) is 3.29. The van der Waals surface area contributed by atoms with E-state index in [9.17, 15) is 4.79 Å². The third-order valence-corrected chi connectivity index (χ3v) is 2.45. The Morgan fingerprint density at radius 3 is 2.69 bits per heavy atom. The van der Waals surface area contributed by atoms with Gasteiger partial charge in [-0.15, -0.1) is 0 Å². The van der Waals surface area contributed by atoms with Crippen molar-refractivity contribution in [2.45, 2.75) is 19.8 Å². The fourth-order valence-electron chi connectivity index (χ4n) is 1.38. The molecule has 0 radical (unpaired) electrons. The van der Waals surface area contributed by atoms with E-state index in [0.29, 0.717) is 12.3 Å². The van der Waals surface area contributed by atoms with Gasteiger partial charge in [0.15, 0.2) is 0 Å². The Hall–Kier alpha value is -1.57. The summed E-state index contributed by atoms with van der Waals surface area (Å²) in [6, 6.07) is 10.1. The van der Waals surface area contributed by atoms with E-state index in [0.717, 1.165) is 6.42 Å². The van der Waals surface area contributed by atoms with Crippen molar-refractivity contribution in [1.82, 2.24) is 0 Å². The van der Waals surface area contributed by atoms with Crippen molar-refractivity contribution >= 4 is 12.0 Å². The van der Waals surface area contributed by atoms with Crippen molar-refractivity contribution in [3.8, 4) is 0 Å². The minimum atomic E-state index is -0.139. The molecule has 0 aliphatic carbocycles. The van der Waals surface area contributed by atoms with Crippen LogP contribution in [0.25, 0.3) is 6.08 Å². The summed E-state index contributed by atoms with van der Waals surface area (Å²) in [5.41, 5.74) is 1.19. The van der Waals surface area contributed by atoms with Crippen molar-refractivity contribution < 1.29 is 9.53 Å². The maximum Gasteiger partial charge on any atom is 0.305 e. The second kappa shape index (κ2) is 6.83. The Balaban J connectivity index is 2.37. The minimum absolute atomic E-state index is 0.139. The first-order valence-electron chi connectivity index (χ1n) is 5.52. The number of hydrogen-bond donors (Lipinski definition) is 0. The van der Waals surface area contributed by atoms with Crippen molar-refractivity contribution in [3.05, 3.63) is 42.0 Å². The average molecular weight is 218 g/mol. The van der Waals surface area contributed by atoms with Gasteiger partial charge in [0.05, 0.1) is 7.11 Å². The van der Waals surface area contributed by atoms with E-state index in [2.05, 4.69) is 35.9 Å². The summed E-state index contributed by atoms with van der Waals surface area (Å²) in [7, 11) is 1.42. The Bertz CT molecular complexity index is 341. The smallest absolute Gasteiger partial charge is 0.305 e. The largest absolute Gasteiger partial charge is 0.469 e. The van der Waals surface area contributed by atoms with E-state index in [1.54, 1.807) is 0 Å². The number of hydrogen-bond acceptors (Lipinski definition) is 2. The van der Waals surface area contributed by atoms with Crippen molar-refractivity contribution in [3.63, 3.8) is 0 Å². The fraction of sp³-hybridized carbons (Fsp3) is 0.357. The lowest BCUT2D eigenvalue weighted by molar-refractivity contribution is -0.140. The number of allylic oxidation sites excluding steroid dienone is 1. The molecule has 0 N–H and O–H groups in total. The predicted molar refractivity (Wildman–Crippen MR) is 65.9 cm³/mol. The van der Waals surface area contributed by atoms with Gasteiger partial charge in [0.25, 0.3) is 0 Å². The van der Waals surface area contributed by atoms with Gasteiger partial charge in [-0.3, -0.25) is 4.79 Å². The molecule has 0 spiro atoms. The molecule has 0 amide bonds. The normalized spacial score (nSPS) is 12.6. The van der Waals surface area contributed by atoms with Gasteiger partial charge in [0, 0.05) is 6.42 Å². The molecular weight excluding hydrogens is 200 g/mol. The molecule has 0 aliphatic heterocycles. The lowest BCUT2D eigenvalue weighted by Crippen LogP contribution is -2.02. The van der Waals surface area contributed by atoms with Crippen LogP contribution in [-0.4, -0.2) is 13.1 Å². The van der Waals surface area contributed by atoms with E-state index in [1.165, 1.54) is 12.7 Å². The highest BCUT2D eigenvalue weighted by Gasteiger charge is 2.03. The number of esters is 1. The lowest BCUT2D eigenvalue weighted by Gasteiger charge is -2.04. The number of ether oxygens (including phenoxy) is 1.